The fourth-order valence-corrected chi connectivity index (χ4v) is 3.87. The molecule has 0 aliphatic carbocycles. The highest BCUT2D eigenvalue weighted by Gasteiger charge is 2.09. The maximum atomic E-state index is 12.9. The van der Waals surface area contributed by atoms with E-state index in [0.29, 0.717) is 11.1 Å². The second-order valence-electron chi connectivity index (χ2n) is 5.98. The predicted octanol–water partition coefficient (Wildman–Crippen LogP) is 3.89. The van der Waals surface area contributed by atoms with Gasteiger partial charge in [-0.05, 0) is 48.9 Å². The summed E-state index contributed by atoms with van der Waals surface area (Å²) in [6.45, 7) is 1.98. The Kier molecular flexibility index (Phi) is 6.78. The van der Waals surface area contributed by atoms with E-state index in [-0.39, 0.29) is 18.1 Å². The summed E-state index contributed by atoms with van der Waals surface area (Å²) in [6, 6.07) is 12.8. The Bertz CT molecular complexity index is 956. The number of thioether (sulfide) groups is 1. The SMILES string of the molecule is Cc1nc(CSc2ccc(C(=O)NNC(=O)Cc3ccc(F)cc3)cc2)cs1. The predicted molar refractivity (Wildman–Crippen MR) is 109 cm³/mol. The first-order valence-corrected chi connectivity index (χ1v) is 10.3. The van der Waals surface area contributed by atoms with Crippen LogP contribution in [0.2, 0.25) is 0 Å². The van der Waals surface area contributed by atoms with E-state index in [4.69, 9.17) is 0 Å². The van der Waals surface area contributed by atoms with Gasteiger partial charge in [0.1, 0.15) is 5.82 Å². The van der Waals surface area contributed by atoms with Crippen LogP contribution in [0.5, 0.6) is 0 Å². The first kappa shape index (κ1) is 20.0. The molecule has 0 bridgehead atoms. The topological polar surface area (TPSA) is 71.1 Å². The number of hydrazine groups is 1. The molecule has 0 saturated heterocycles. The van der Waals surface area contributed by atoms with Gasteiger partial charge in [-0.3, -0.25) is 20.4 Å². The van der Waals surface area contributed by atoms with E-state index in [0.717, 1.165) is 21.3 Å². The van der Waals surface area contributed by atoms with Crippen molar-refractivity contribution in [3.8, 4) is 0 Å². The molecule has 0 unspecified atom stereocenters. The Labute approximate surface area is 170 Å². The van der Waals surface area contributed by atoms with Crippen molar-refractivity contribution in [3.05, 3.63) is 81.6 Å². The molecule has 0 spiro atoms. The maximum absolute atomic E-state index is 12.9. The van der Waals surface area contributed by atoms with E-state index >= 15 is 0 Å². The first-order chi connectivity index (χ1) is 13.5. The van der Waals surface area contributed by atoms with Gasteiger partial charge in [-0.25, -0.2) is 9.37 Å². The van der Waals surface area contributed by atoms with Crippen molar-refractivity contribution < 1.29 is 14.0 Å². The molecule has 2 amide bonds. The van der Waals surface area contributed by atoms with Crippen molar-refractivity contribution in [2.75, 3.05) is 0 Å². The lowest BCUT2D eigenvalue weighted by molar-refractivity contribution is -0.121. The average molecular weight is 416 g/mol. The number of nitrogens with zero attached hydrogens (tertiary/aromatic N) is 1. The third-order valence-corrected chi connectivity index (χ3v) is 5.63. The van der Waals surface area contributed by atoms with Gasteiger partial charge >= 0.3 is 0 Å². The van der Waals surface area contributed by atoms with Crippen LogP contribution in [0.3, 0.4) is 0 Å². The van der Waals surface area contributed by atoms with Crippen LogP contribution in [0.15, 0.2) is 58.8 Å². The van der Waals surface area contributed by atoms with Gasteiger partial charge in [-0.2, -0.15) is 0 Å². The number of carbonyl (C=O) groups is 2. The Morgan fingerprint density at radius 1 is 1.07 bits per heavy atom. The Morgan fingerprint density at radius 3 is 2.43 bits per heavy atom. The molecule has 3 aromatic rings. The van der Waals surface area contributed by atoms with E-state index in [1.165, 1.54) is 24.3 Å². The van der Waals surface area contributed by atoms with Gasteiger partial charge < -0.3 is 0 Å². The zero-order chi connectivity index (χ0) is 19.9. The third-order valence-electron chi connectivity index (χ3n) is 3.76. The number of benzene rings is 2. The Morgan fingerprint density at radius 2 is 1.79 bits per heavy atom. The minimum absolute atomic E-state index is 0.0478. The lowest BCUT2D eigenvalue weighted by Crippen LogP contribution is -2.42. The van der Waals surface area contributed by atoms with Gasteiger partial charge in [0.15, 0.2) is 0 Å². The fraction of sp³-hybridized carbons (Fsp3) is 0.150. The molecule has 3 rings (SSSR count). The molecule has 0 saturated carbocycles. The molecule has 1 aromatic heterocycles. The number of halogens is 1. The molecule has 1 heterocycles. The molecule has 144 valence electrons. The smallest absolute Gasteiger partial charge is 0.269 e. The quantitative estimate of drug-likeness (QED) is 0.473. The van der Waals surface area contributed by atoms with E-state index in [1.54, 1.807) is 35.2 Å². The molecule has 0 atom stereocenters. The van der Waals surface area contributed by atoms with Gasteiger partial charge in [0, 0.05) is 21.6 Å². The molecular formula is C20H18FN3O2S2. The van der Waals surface area contributed by atoms with Crippen LogP contribution in [-0.2, 0) is 17.0 Å². The minimum atomic E-state index is -0.404. The van der Waals surface area contributed by atoms with Crippen molar-refractivity contribution >= 4 is 34.9 Å². The van der Waals surface area contributed by atoms with E-state index in [2.05, 4.69) is 15.8 Å². The van der Waals surface area contributed by atoms with Crippen LogP contribution < -0.4 is 10.9 Å². The average Bonchev–Trinajstić information content (AvgIpc) is 3.12. The van der Waals surface area contributed by atoms with Gasteiger partial charge in [-0.15, -0.1) is 23.1 Å². The van der Waals surface area contributed by atoms with Crippen LogP contribution in [0.1, 0.15) is 26.6 Å². The second-order valence-corrected chi connectivity index (χ2v) is 8.09. The summed E-state index contributed by atoms with van der Waals surface area (Å²) in [5.41, 5.74) is 6.88. The van der Waals surface area contributed by atoms with Crippen LogP contribution in [-0.4, -0.2) is 16.8 Å². The molecule has 0 radical (unpaired) electrons. The number of hydrogen-bond donors (Lipinski definition) is 2. The molecule has 2 aromatic carbocycles. The lowest BCUT2D eigenvalue weighted by atomic mass is 10.1. The summed E-state index contributed by atoms with van der Waals surface area (Å²) < 4.78 is 12.9. The van der Waals surface area contributed by atoms with Crippen LogP contribution in [0.25, 0.3) is 0 Å². The maximum Gasteiger partial charge on any atom is 0.269 e. The fourth-order valence-electron chi connectivity index (χ4n) is 2.36. The van der Waals surface area contributed by atoms with Gasteiger partial charge in [0.25, 0.3) is 5.91 Å². The summed E-state index contributed by atoms with van der Waals surface area (Å²) in [5.74, 6) is -0.374. The number of rotatable bonds is 6. The molecular weight excluding hydrogens is 397 g/mol. The number of aromatic nitrogens is 1. The Hall–Kier alpha value is -2.71. The highest BCUT2D eigenvalue weighted by atomic mass is 32.2. The van der Waals surface area contributed by atoms with Crippen LogP contribution >= 0.6 is 23.1 Å². The third kappa shape index (κ3) is 5.90. The molecule has 0 fully saturated rings. The number of carbonyl (C=O) groups excluding carboxylic acids is 2. The largest absolute Gasteiger partial charge is 0.273 e. The summed E-state index contributed by atoms with van der Waals surface area (Å²) in [7, 11) is 0. The van der Waals surface area contributed by atoms with Gasteiger partial charge in [-0.1, -0.05) is 12.1 Å². The number of aryl methyl sites for hydroxylation is 1. The highest BCUT2D eigenvalue weighted by molar-refractivity contribution is 7.98. The highest BCUT2D eigenvalue weighted by Crippen LogP contribution is 2.23. The van der Waals surface area contributed by atoms with E-state index in [9.17, 15) is 14.0 Å². The molecule has 0 aliphatic heterocycles. The lowest BCUT2D eigenvalue weighted by Gasteiger charge is -2.08. The first-order valence-electron chi connectivity index (χ1n) is 8.47. The van der Waals surface area contributed by atoms with Gasteiger partial charge in [0.2, 0.25) is 5.91 Å². The minimum Gasteiger partial charge on any atom is -0.273 e. The van der Waals surface area contributed by atoms with E-state index < -0.39 is 5.91 Å². The van der Waals surface area contributed by atoms with Crippen molar-refractivity contribution in [3.63, 3.8) is 0 Å². The molecule has 28 heavy (non-hydrogen) atoms. The van der Waals surface area contributed by atoms with Crippen molar-refractivity contribution in [1.29, 1.82) is 0 Å². The van der Waals surface area contributed by atoms with Crippen LogP contribution in [0.4, 0.5) is 4.39 Å². The molecule has 0 aliphatic rings. The molecule has 5 nitrogen and oxygen atoms in total. The standard InChI is InChI=1S/C20H18FN3O2S2/c1-13-22-17(11-27-13)12-28-18-8-4-15(5-9-18)20(26)24-23-19(25)10-14-2-6-16(21)7-3-14/h2-9,11H,10,12H2,1H3,(H,23,25)(H,24,26). The monoisotopic (exact) mass is 415 g/mol. The van der Waals surface area contributed by atoms with Crippen molar-refractivity contribution in [2.24, 2.45) is 0 Å². The van der Waals surface area contributed by atoms with Crippen molar-refractivity contribution in [1.82, 2.24) is 15.8 Å². The molecule has 2 N–H and O–H groups in total. The van der Waals surface area contributed by atoms with E-state index in [1.807, 2.05) is 24.4 Å². The summed E-state index contributed by atoms with van der Waals surface area (Å²) >= 11 is 3.27. The summed E-state index contributed by atoms with van der Waals surface area (Å²) in [6.07, 6.45) is 0.0478. The zero-order valence-electron chi connectivity index (χ0n) is 15.1. The van der Waals surface area contributed by atoms with Gasteiger partial charge in [0.05, 0.1) is 17.1 Å². The number of nitrogens with one attached hydrogen (secondary N) is 2. The van der Waals surface area contributed by atoms with Crippen LogP contribution in [0, 0.1) is 12.7 Å². The normalized spacial score (nSPS) is 10.5. The van der Waals surface area contributed by atoms with Crippen molar-refractivity contribution in [2.45, 2.75) is 24.0 Å². The molecule has 8 heteroatoms. The number of hydrogen-bond acceptors (Lipinski definition) is 5. The number of amides is 2. The summed E-state index contributed by atoms with van der Waals surface area (Å²) in [5, 5.41) is 3.09. The number of thiazole rings is 1. The Balaban J connectivity index is 1.46. The zero-order valence-corrected chi connectivity index (χ0v) is 16.7. The second kappa shape index (κ2) is 9.48. The summed E-state index contributed by atoms with van der Waals surface area (Å²) in [4.78, 5) is 29.5.